The molecule has 3 rings (SSSR count). The SMILES string of the molecule is Cc1ccc(OCCCCN2C(=O)C(=O)c3cc(Br)ccc32)cc1. The predicted molar refractivity (Wildman–Crippen MR) is 96.7 cm³/mol. The van der Waals surface area contributed by atoms with Gasteiger partial charge in [-0.2, -0.15) is 0 Å². The first-order valence-electron chi connectivity index (χ1n) is 7.91. The molecule has 0 aliphatic carbocycles. The van der Waals surface area contributed by atoms with Crippen LogP contribution >= 0.6 is 15.9 Å². The summed E-state index contributed by atoms with van der Waals surface area (Å²) >= 11 is 3.33. The number of hydrogen-bond acceptors (Lipinski definition) is 3. The molecule has 0 radical (unpaired) electrons. The largest absolute Gasteiger partial charge is 0.494 e. The van der Waals surface area contributed by atoms with Gasteiger partial charge in [0.15, 0.2) is 0 Å². The van der Waals surface area contributed by atoms with Crippen molar-refractivity contribution in [1.29, 1.82) is 0 Å². The van der Waals surface area contributed by atoms with Crippen molar-refractivity contribution in [3.63, 3.8) is 0 Å². The number of ketones is 1. The smallest absolute Gasteiger partial charge is 0.299 e. The number of Topliss-reactive ketones (excluding diaryl/α,β-unsaturated/α-hetero) is 1. The maximum Gasteiger partial charge on any atom is 0.299 e. The first kappa shape index (κ1) is 16.7. The number of unbranched alkanes of at least 4 members (excludes halogenated alkanes) is 1. The predicted octanol–water partition coefficient (Wildman–Crippen LogP) is 4.15. The van der Waals surface area contributed by atoms with Gasteiger partial charge in [-0.25, -0.2) is 0 Å². The summed E-state index contributed by atoms with van der Waals surface area (Å²) in [6.07, 6.45) is 1.60. The monoisotopic (exact) mass is 387 g/mol. The third kappa shape index (κ3) is 3.51. The number of halogens is 1. The lowest BCUT2D eigenvalue weighted by molar-refractivity contribution is -0.114. The normalized spacial score (nSPS) is 13.3. The lowest BCUT2D eigenvalue weighted by Crippen LogP contribution is -2.30. The highest BCUT2D eigenvalue weighted by atomic mass is 79.9. The number of anilines is 1. The van der Waals surface area contributed by atoms with Gasteiger partial charge in [0.05, 0.1) is 17.9 Å². The van der Waals surface area contributed by atoms with Crippen LogP contribution in [-0.2, 0) is 4.79 Å². The molecule has 2 aromatic rings. The minimum absolute atomic E-state index is 0.429. The average Bonchev–Trinajstić information content (AvgIpc) is 2.81. The molecule has 0 saturated carbocycles. The topological polar surface area (TPSA) is 46.6 Å². The number of aryl methyl sites for hydroxylation is 1. The molecule has 2 aromatic carbocycles. The van der Waals surface area contributed by atoms with Crippen LogP contribution in [0.4, 0.5) is 5.69 Å². The van der Waals surface area contributed by atoms with E-state index in [-0.39, 0.29) is 0 Å². The number of carbonyl (C=O) groups is 2. The van der Waals surface area contributed by atoms with Crippen LogP contribution in [0.3, 0.4) is 0 Å². The number of rotatable bonds is 6. The number of fused-ring (bicyclic) bond motifs is 1. The second-order valence-electron chi connectivity index (χ2n) is 5.82. The summed E-state index contributed by atoms with van der Waals surface area (Å²) in [5.41, 5.74) is 2.38. The molecule has 0 unspecified atom stereocenters. The van der Waals surface area contributed by atoms with Gasteiger partial charge in [0.25, 0.3) is 11.7 Å². The zero-order valence-electron chi connectivity index (χ0n) is 13.4. The Balaban J connectivity index is 1.51. The molecule has 4 nitrogen and oxygen atoms in total. The fourth-order valence-corrected chi connectivity index (χ4v) is 3.05. The summed E-state index contributed by atoms with van der Waals surface area (Å²) in [7, 11) is 0. The van der Waals surface area contributed by atoms with E-state index in [1.54, 1.807) is 11.0 Å². The van der Waals surface area contributed by atoms with Crippen molar-refractivity contribution in [3.05, 3.63) is 58.1 Å². The second kappa shape index (κ2) is 7.18. The van der Waals surface area contributed by atoms with E-state index in [0.29, 0.717) is 24.4 Å². The molecule has 0 bridgehead atoms. The molecule has 0 fully saturated rings. The van der Waals surface area contributed by atoms with E-state index in [2.05, 4.69) is 15.9 Å². The van der Waals surface area contributed by atoms with Crippen LogP contribution in [0.1, 0.15) is 28.8 Å². The van der Waals surface area contributed by atoms with Gasteiger partial charge in [0.1, 0.15) is 5.75 Å². The Labute approximate surface area is 149 Å². The summed E-state index contributed by atoms with van der Waals surface area (Å²) in [5.74, 6) is -0.0204. The maximum atomic E-state index is 12.1. The van der Waals surface area contributed by atoms with Crippen molar-refractivity contribution in [2.75, 3.05) is 18.1 Å². The maximum absolute atomic E-state index is 12.1. The fourth-order valence-electron chi connectivity index (χ4n) is 2.69. The number of ether oxygens (including phenoxy) is 1. The summed E-state index contributed by atoms with van der Waals surface area (Å²) in [6.45, 7) is 3.15. The van der Waals surface area contributed by atoms with E-state index in [9.17, 15) is 9.59 Å². The van der Waals surface area contributed by atoms with Crippen LogP contribution in [0.2, 0.25) is 0 Å². The van der Waals surface area contributed by atoms with Crippen LogP contribution < -0.4 is 9.64 Å². The van der Waals surface area contributed by atoms with Gasteiger partial charge >= 0.3 is 0 Å². The Morgan fingerprint density at radius 1 is 1.04 bits per heavy atom. The van der Waals surface area contributed by atoms with Crippen LogP contribution in [-0.4, -0.2) is 24.8 Å². The van der Waals surface area contributed by atoms with Crippen molar-refractivity contribution in [2.45, 2.75) is 19.8 Å². The molecule has 0 spiro atoms. The molecule has 124 valence electrons. The Bertz CT molecular complexity index is 771. The Morgan fingerprint density at radius 2 is 1.79 bits per heavy atom. The number of carbonyl (C=O) groups excluding carboxylic acids is 2. The third-order valence-corrected chi connectivity index (χ3v) is 4.49. The molecule has 0 N–H and O–H groups in total. The van der Waals surface area contributed by atoms with E-state index in [1.807, 2.05) is 43.3 Å². The zero-order valence-corrected chi connectivity index (χ0v) is 15.0. The molecule has 0 saturated heterocycles. The molecule has 1 aliphatic rings. The van der Waals surface area contributed by atoms with Crippen LogP contribution in [0.5, 0.6) is 5.75 Å². The molecule has 1 heterocycles. The van der Waals surface area contributed by atoms with Crippen molar-refractivity contribution < 1.29 is 14.3 Å². The molecule has 1 amide bonds. The highest BCUT2D eigenvalue weighted by Crippen LogP contribution is 2.31. The van der Waals surface area contributed by atoms with Crippen LogP contribution in [0, 0.1) is 6.92 Å². The average molecular weight is 388 g/mol. The number of amides is 1. The van der Waals surface area contributed by atoms with Crippen molar-refractivity contribution in [1.82, 2.24) is 0 Å². The van der Waals surface area contributed by atoms with E-state index in [1.165, 1.54) is 5.56 Å². The molecular formula is C19H18BrNO3. The number of nitrogens with zero attached hydrogens (tertiary/aromatic N) is 1. The van der Waals surface area contributed by atoms with Gasteiger partial charge in [-0.3, -0.25) is 9.59 Å². The molecule has 0 aromatic heterocycles. The summed E-state index contributed by atoms with van der Waals surface area (Å²) in [6, 6.07) is 13.3. The summed E-state index contributed by atoms with van der Waals surface area (Å²) < 4.78 is 6.48. The lowest BCUT2D eigenvalue weighted by atomic mass is 10.1. The number of benzene rings is 2. The lowest BCUT2D eigenvalue weighted by Gasteiger charge is -2.16. The Hall–Kier alpha value is -2.14. The second-order valence-corrected chi connectivity index (χ2v) is 6.73. The van der Waals surface area contributed by atoms with Crippen LogP contribution in [0.25, 0.3) is 0 Å². The Morgan fingerprint density at radius 3 is 2.54 bits per heavy atom. The van der Waals surface area contributed by atoms with E-state index in [4.69, 9.17) is 4.74 Å². The van der Waals surface area contributed by atoms with Gasteiger partial charge in [0, 0.05) is 11.0 Å². The quantitative estimate of drug-likeness (QED) is 0.552. The third-order valence-electron chi connectivity index (χ3n) is 4.00. The van der Waals surface area contributed by atoms with Gasteiger partial charge in [0.2, 0.25) is 0 Å². The van der Waals surface area contributed by atoms with Crippen molar-refractivity contribution in [2.24, 2.45) is 0 Å². The molecule has 5 heteroatoms. The highest BCUT2D eigenvalue weighted by Gasteiger charge is 2.35. The molecule has 24 heavy (non-hydrogen) atoms. The van der Waals surface area contributed by atoms with E-state index < -0.39 is 11.7 Å². The Kier molecular flexibility index (Phi) is 5.00. The van der Waals surface area contributed by atoms with Gasteiger partial charge in [-0.15, -0.1) is 0 Å². The van der Waals surface area contributed by atoms with Gasteiger partial charge in [-0.1, -0.05) is 33.6 Å². The minimum atomic E-state index is -0.442. The van der Waals surface area contributed by atoms with Crippen molar-refractivity contribution in [3.8, 4) is 5.75 Å². The first-order valence-corrected chi connectivity index (χ1v) is 8.71. The van der Waals surface area contributed by atoms with E-state index in [0.717, 1.165) is 23.1 Å². The van der Waals surface area contributed by atoms with Gasteiger partial charge < -0.3 is 9.64 Å². The molecular weight excluding hydrogens is 370 g/mol. The number of hydrogen-bond donors (Lipinski definition) is 0. The van der Waals surface area contributed by atoms with Gasteiger partial charge in [-0.05, 0) is 50.1 Å². The van der Waals surface area contributed by atoms with E-state index >= 15 is 0 Å². The first-order chi connectivity index (χ1) is 11.6. The minimum Gasteiger partial charge on any atom is -0.494 e. The molecule has 1 aliphatic heterocycles. The van der Waals surface area contributed by atoms with Crippen LogP contribution in [0.15, 0.2) is 46.9 Å². The summed E-state index contributed by atoms with van der Waals surface area (Å²) in [4.78, 5) is 25.7. The molecule has 0 atom stereocenters. The highest BCUT2D eigenvalue weighted by molar-refractivity contribution is 9.10. The summed E-state index contributed by atoms with van der Waals surface area (Å²) in [5, 5.41) is 0. The fraction of sp³-hybridized carbons (Fsp3) is 0.263. The van der Waals surface area contributed by atoms with Crippen molar-refractivity contribution >= 4 is 33.3 Å². The zero-order chi connectivity index (χ0) is 17.1. The standard InChI is InChI=1S/C19H18BrNO3/c1-13-4-7-15(8-5-13)24-11-3-2-10-21-17-9-6-14(20)12-16(17)18(22)19(21)23/h4-9,12H,2-3,10-11H2,1H3.